The summed E-state index contributed by atoms with van der Waals surface area (Å²) in [7, 11) is 15.0. The van der Waals surface area contributed by atoms with Gasteiger partial charge in [-0.3, -0.25) is 29.6 Å². The van der Waals surface area contributed by atoms with Gasteiger partial charge < -0.3 is 77.1 Å². The Kier molecular flexibility index (Phi) is 36.3. The fourth-order valence-corrected chi connectivity index (χ4v) is 16.8. The fourth-order valence-electron chi connectivity index (χ4n) is 16.8. The van der Waals surface area contributed by atoms with Gasteiger partial charge in [-0.25, -0.2) is 42.6 Å². The number of cyclic esters (lactones) is 3. The molecule has 0 spiro atoms. The van der Waals surface area contributed by atoms with E-state index in [1.54, 1.807) is 131 Å². The highest BCUT2D eigenvalue weighted by atomic mass is 16.7. The summed E-state index contributed by atoms with van der Waals surface area (Å²) in [6.45, 7) is 4.25. The average molecular weight is 2020 g/mol. The van der Waals surface area contributed by atoms with Crippen LogP contribution in [0.25, 0.3) is 56.3 Å². The van der Waals surface area contributed by atoms with E-state index in [4.69, 9.17) is 61.6 Å². The summed E-state index contributed by atoms with van der Waals surface area (Å²) >= 11 is 0. The molecular formula is C106H112N20O22. The third kappa shape index (κ3) is 27.8. The zero-order valence-corrected chi connectivity index (χ0v) is 82.7. The summed E-state index contributed by atoms with van der Waals surface area (Å²) in [5.74, 6) is 2.81. The second-order valence-corrected chi connectivity index (χ2v) is 34.5. The van der Waals surface area contributed by atoms with Crippen LogP contribution < -0.4 is 29.0 Å². The van der Waals surface area contributed by atoms with E-state index in [1.807, 2.05) is 194 Å². The quantitative estimate of drug-likeness (QED) is 0.00829. The number of aliphatic hydroxyl groups excluding tert-OH is 1. The van der Waals surface area contributed by atoms with Crippen LogP contribution in [-0.4, -0.2) is 216 Å². The molecule has 1 saturated carbocycles. The normalized spacial score (nSPS) is 15.7. The minimum Gasteiger partial charge on any atom is -0.508 e. The summed E-state index contributed by atoms with van der Waals surface area (Å²) in [6.07, 6.45) is -0.747. The number of esters is 1. The number of nitrogens with zero attached hydrogens (tertiary/aromatic N) is 19. The Morgan fingerprint density at radius 2 is 0.797 bits per heavy atom. The predicted molar refractivity (Wildman–Crippen MR) is 535 cm³/mol. The second-order valence-electron chi connectivity index (χ2n) is 34.5. The molecule has 15 aromatic rings. The number of nitro benzene ring substituents is 1. The molecule has 4 fully saturated rings. The Balaban J connectivity index is 0.000000139. The first kappa shape index (κ1) is 105. The van der Waals surface area contributed by atoms with Gasteiger partial charge >= 0.3 is 30.4 Å². The summed E-state index contributed by atoms with van der Waals surface area (Å²) in [5.41, 5.74) is 15.0. The SMILES string of the molecule is COC(=O)[C@H]1CCC[C@H](Oc2ccc(-c3nnn(C)c3C3CN(Cc4ccccc4)C(=O)O3)cc2)C1.COCOc1ccc(-c2nnn(C)c2C(O)CNCc2ccccc2)cc1.COCOc1ccc(-c2nnn(C)c2C2CN(Cc3ccccc3)C(=O)O2)cc1.COCOc1ccc(-c2nnn(C)c2COC(=O)Oc2ccc([N+](=O)[O-])cc2)cc1.Cn1nnc(-c2ccc(O)cc2)c1C1CN(Cc2ccccc2)C(=O)O1. The van der Waals surface area contributed by atoms with Gasteiger partial charge in [0.1, 0.15) is 98.5 Å². The van der Waals surface area contributed by atoms with Crippen LogP contribution in [0.3, 0.4) is 0 Å². The summed E-state index contributed by atoms with van der Waals surface area (Å²) in [5, 5.41) is 75.8. The van der Waals surface area contributed by atoms with Gasteiger partial charge in [0.15, 0.2) is 38.7 Å². The average Bonchev–Trinajstić information content (AvgIpc) is 1.61. The molecule has 3 aliphatic heterocycles. The molecule has 19 rings (SSSR count). The van der Waals surface area contributed by atoms with Crippen LogP contribution in [0.2, 0.25) is 0 Å². The topological polar surface area (TPSA) is 464 Å². The number of ether oxygens (including phenoxy) is 13. The Bertz CT molecular complexity index is 6850. The van der Waals surface area contributed by atoms with Crippen molar-refractivity contribution < 1.29 is 101 Å². The lowest BCUT2D eigenvalue weighted by Gasteiger charge is -2.28. The molecule has 1 aliphatic carbocycles. The number of aromatic nitrogens is 15. The van der Waals surface area contributed by atoms with Crippen LogP contribution in [0, 0.1) is 16.0 Å². The number of rotatable bonds is 35. The molecule has 0 radical (unpaired) electrons. The number of benzene rings is 10. The number of non-ortho nitro benzene ring substituents is 1. The van der Waals surface area contributed by atoms with E-state index in [2.05, 4.69) is 56.9 Å². The largest absolute Gasteiger partial charge is 0.514 e. The standard InChI is InChI=1S/C27H30N4O5.C21H22N4O4.C20H24N4O3.C19H18N4O7.C19H18N4O3/c1-30-25(23-17-31(27(33)36-23)16-18-7-4-3-5-8-18)24(28-29-30)19-11-13-21(14-12-19)35-22-10-6-9-20(15-22)26(32)34-2;1-24-20(18-13-25(21(26)29-18)12-15-6-4-3-5-7-15)19(22-23-24)16-8-10-17(11-9-16)28-14-27-2;1-24-20(18(25)13-21-12-15-6-4-3-5-7-15)19(22-23-24)16-8-10-17(11-9-16)27-14-26-2;1-22-17(11-28-19(24)30-16-9-5-14(6-10-16)23(25)26)18(20-21-22)13-3-7-15(8-4-13)29-12-27-2;1-22-18(17(20-21-22)14-7-9-15(24)10-8-14)16-12-23(19(25)26-16)11-13-5-3-2-4-6-13/h3-5,7-8,11-14,20,22-23H,6,9-10,15-17H2,1-2H3;3-11,18H,12-14H2,1-2H3;3-11,18,21,25H,12-14H2,1-2H3;3-10H,11-12H2,1-2H3;2-10,16,24H,11-12H2,1H3/t20-,22-,23?;;;;/m0..../s1. The van der Waals surface area contributed by atoms with Gasteiger partial charge in [0.25, 0.3) is 5.69 Å². The van der Waals surface area contributed by atoms with Crippen LogP contribution in [0.5, 0.6) is 34.5 Å². The van der Waals surface area contributed by atoms with Crippen molar-refractivity contribution >= 4 is 36.1 Å². The van der Waals surface area contributed by atoms with E-state index >= 15 is 0 Å². The molecule has 10 aromatic carbocycles. The van der Waals surface area contributed by atoms with Gasteiger partial charge in [-0.15, -0.1) is 25.5 Å². The lowest BCUT2D eigenvalue weighted by molar-refractivity contribution is -0.384. The molecule has 3 saturated heterocycles. The molecule has 3 N–H and O–H groups in total. The Morgan fingerprint density at radius 3 is 1.20 bits per heavy atom. The third-order valence-corrected chi connectivity index (χ3v) is 24.2. The fraction of sp³-hybridized carbons (Fsp3) is 0.292. The second kappa shape index (κ2) is 51.2. The van der Waals surface area contributed by atoms with Crippen LogP contribution in [0.15, 0.2) is 267 Å². The van der Waals surface area contributed by atoms with Crippen molar-refractivity contribution in [2.24, 2.45) is 41.2 Å². The van der Waals surface area contributed by atoms with E-state index < -0.39 is 35.5 Å². The number of nitro groups is 1. The first-order chi connectivity index (χ1) is 71.9. The van der Waals surface area contributed by atoms with Crippen molar-refractivity contribution in [2.45, 2.75) is 89.0 Å². The van der Waals surface area contributed by atoms with Gasteiger partial charge in [0.05, 0.1) is 49.4 Å². The Morgan fingerprint density at radius 1 is 0.439 bits per heavy atom. The van der Waals surface area contributed by atoms with E-state index in [0.29, 0.717) is 116 Å². The molecule has 148 heavy (non-hydrogen) atoms. The molecule has 42 nitrogen and oxygen atoms in total. The third-order valence-electron chi connectivity index (χ3n) is 24.2. The van der Waals surface area contributed by atoms with Gasteiger partial charge in [-0.05, 0) is 181 Å². The molecule has 768 valence electrons. The molecule has 6 atom stereocenters. The molecule has 8 heterocycles. The van der Waals surface area contributed by atoms with Crippen LogP contribution in [0.4, 0.5) is 24.9 Å². The van der Waals surface area contributed by atoms with Gasteiger partial charge in [-0.1, -0.05) is 147 Å². The number of aliphatic hydroxyl groups is 1. The highest BCUT2D eigenvalue weighted by Gasteiger charge is 2.41. The number of aromatic hydroxyl groups is 1. The first-order valence-electron chi connectivity index (χ1n) is 47.2. The van der Waals surface area contributed by atoms with Crippen molar-refractivity contribution in [1.82, 2.24) is 95.0 Å². The van der Waals surface area contributed by atoms with E-state index in [1.165, 1.54) is 48.7 Å². The number of methoxy groups -OCH3 is 4. The lowest BCUT2D eigenvalue weighted by Crippen LogP contribution is -2.30. The van der Waals surface area contributed by atoms with Crippen molar-refractivity contribution in [2.75, 3.05) is 75.0 Å². The van der Waals surface area contributed by atoms with Gasteiger partial charge in [0, 0.05) is 129 Å². The first-order valence-corrected chi connectivity index (χ1v) is 47.2. The minimum atomic E-state index is -0.959. The van der Waals surface area contributed by atoms with E-state index in [-0.39, 0.29) is 80.4 Å². The van der Waals surface area contributed by atoms with Crippen molar-refractivity contribution in [3.63, 3.8) is 0 Å². The van der Waals surface area contributed by atoms with Crippen molar-refractivity contribution in [3.05, 3.63) is 328 Å². The molecule has 4 aliphatic rings. The van der Waals surface area contributed by atoms with Crippen molar-refractivity contribution in [3.8, 4) is 90.8 Å². The number of nitrogens with one attached hydrogen (secondary N) is 1. The Hall–Kier alpha value is -17.4. The van der Waals surface area contributed by atoms with Gasteiger partial charge in [-0.2, -0.15) is 0 Å². The highest BCUT2D eigenvalue weighted by Crippen LogP contribution is 2.40. The summed E-state index contributed by atoms with van der Waals surface area (Å²) < 4.78 is 77.1. The molecule has 3 amide bonds. The number of carbonyl (C=O) groups excluding carboxylic acids is 5. The number of phenolic OH excluding ortho intramolecular Hbond substituents is 1. The maximum absolute atomic E-state index is 12.6. The molecule has 5 aromatic heterocycles. The highest BCUT2D eigenvalue weighted by molar-refractivity contribution is 5.75. The minimum absolute atomic E-state index is 0.0192. The number of hydrogen-bond donors (Lipinski definition) is 3. The van der Waals surface area contributed by atoms with Gasteiger partial charge in [0.2, 0.25) is 0 Å². The van der Waals surface area contributed by atoms with Crippen LogP contribution >= 0.6 is 0 Å². The maximum atomic E-state index is 12.6. The summed E-state index contributed by atoms with van der Waals surface area (Å²) in [4.78, 5) is 76.4. The predicted octanol–water partition coefficient (Wildman–Crippen LogP) is 15.7. The number of aryl methyl sites for hydroxylation is 5. The molecule has 42 heteroatoms. The Labute approximate surface area is 851 Å². The molecule has 0 bridgehead atoms. The number of carbonyl (C=O) groups is 5. The zero-order valence-electron chi connectivity index (χ0n) is 82.7. The smallest absolute Gasteiger partial charge is 0.508 e. The molecule has 4 unspecified atom stereocenters. The number of amides is 3. The summed E-state index contributed by atoms with van der Waals surface area (Å²) in [6, 6.07) is 81.1. The molecular weight excluding hydrogens is 1910 g/mol. The number of hydrogen-bond acceptors (Lipinski definition) is 33. The van der Waals surface area contributed by atoms with E-state index in [0.717, 1.165) is 86.6 Å². The number of phenols is 1. The monoisotopic (exact) mass is 2020 g/mol. The lowest BCUT2D eigenvalue weighted by atomic mass is 9.87. The maximum Gasteiger partial charge on any atom is 0.514 e. The van der Waals surface area contributed by atoms with Crippen LogP contribution in [-0.2, 0) is 111 Å². The zero-order chi connectivity index (χ0) is 104. The van der Waals surface area contributed by atoms with E-state index in [9.17, 15) is 44.3 Å². The van der Waals surface area contributed by atoms with Crippen molar-refractivity contribution in [1.29, 1.82) is 0 Å². The van der Waals surface area contributed by atoms with Crippen LogP contribution in [0.1, 0.15) is 101 Å².